The van der Waals surface area contributed by atoms with E-state index < -0.39 is 0 Å². The molecule has 54 valence electrons. The van der Waals surface area contributed by atoms with Crippen molar-refractivity contribution >= 4 is 40.5 Å². The van der Waals surface area contributed by atoms with Crippen molar-refractivity contribution in [3.63, 3.8) is 0 Å². The van der Waals surface area contributed by atoms with Gasteiger partial charge in [0.25, 0.3) is 0 Å². The Morgan fingerprint density at radius 2 is 1.62 bits per heavy atom. The minimum absolute atomic E-state index is 0. The molecule has 0 aliphatic carbocycles. The van der Waals surface area contributed by atoms with Gasteiger partial charge in [-0.1, -0.05) is 0 Å². The van der Waals surface area contributed by atoms with E-state index in [4.69, 9.17) is 0 Å². The zero-order valence-electron chi connectivity index (χ0n) is 5.68. The van der Waals surface area contributed by atoms with Gasteiger partial charge in [0, 0.05) is 0 Å². The molecule has 0 N–H and O–H groups in total. The van der Waals surface area contributed by atoms with Gasteiger partial charge in [0.15, 0.2) is 0 Å². The van der Waals surface area contributed by atoms with Gasteiger partial charge in [0.2, 0.25) is 0 Å². The fraction of sp³-hybridized carbons (Fsp3) is 1.00. The van der Waals surface area contributed by atoms with Crippen LogP contribution in [-0.4, -0.2) is 33.6 Å². The predicted octanol–water partition coefficient (Wildman–Crippen LogP) is 0.914. The quantitative estimate of drug-likeness (QED) is 0.626. The third-order valence-corrected chi connectivity index (χ3v) is 3.49. The van der Waals surface area contributed by atoms with E-state index in [0.29, 0.717) is 0 Å². The monoisotopic (exact) mass is 221 g/mol. The smallest absolute Gasteiger partial charge is 0.147 e. The molecule has 0 aliphatic rings. The summed E-state index contributed by atoms with van der Waals surface area (Å²) < 4.78 is 2.37. The summed E-state index contributed by atoms with van der Waals surface area (Å²) in [6.45, 7) is 2.26. The largest absolute Gasteiger partial charge is 0.147 e. The van der Waals surface area contributed by atoms with Crippen LogP contribution < -0.4 is 0 Å². The summed E-state index contributed by atoms with van der Waals surface area (Å²) in [5.41, 5.74) is 0. The molecular formula is C4H15Cl2GeN. The molecule has 0 aliphatic heterocycles. The Morgan fingerprint density at radius 3 is 1.62 bits per heavy atom. The third-order valence-electron chi connectivity index (χ3n) is 0.671. The van der Waals surface area contributed by atoms with Gasteiger partial charge < -0.3 is 0 Å². The summed E-state index contributed by atoms with van der Waals surface area (Å²) in [6.07, 6.45) is 0. The van der Waals surface area contributed by atoms with Crippen molar-refractivity contribution in [2.24, 2.45) is 0 Å². The summed E-state index contributed by atoms with van der Waals surface area (Å²) in [6, 6.07) is 0. The van der Waals surface area contributed by atoms with Crippen LogP contribution >= 0.6 is 24.8 Å². The van der Waals surface area contributed by atoms with Crippen LogP contribution in [0.25, 0.3) is 0 Å². The molecule has 0 unspecified atom stereocenters. The minimum Gasteiger partial charge on any atom is -0.147 e. The van der Waals surface area contributed by atoms with E-state index in [0.717, 1.165) is 0 Å². The fourth-order valence-corrected chi connectivity index (χ4v) is 2.32. The standard InChI is InChI=1S/C4H13GeN.2ClH/c1-4-5-6(2)3;;/h4-5H2,1-3H3;2*1H. The molecule has 0 spiro atoms. The molecule has 8 heavy (non-hydrogen) atoms. The number of halogens is 2. The van der Waals surface area contributed by atoms with Crippen molar-refractivity contribution in [3.8, 4) is 0 Å². The molecule has 0 rings (SSSR count). The van der Waals surface area contributed by atoms with E-state index >= 15 is 0 Å². The first kappa shape index (κ1) is 16.0. The molecule has 1 nitrogen and oxygen atoms in total. The van der Waals surface area contributed by atoms with Crippen LogP contribution in [0.2, 0.25) is 5.25 Å². The Balaban J connectivity index is -0.000000125. The second-order valence-electron chi connectivity index (χ2n) is 1.80. The van der Waals surface area contributed by atoms with Crippen LogP contribution in [-0.2, 0) is 0 Å². The molecule has 0 amide bonds. The number of nitrogens with zero attached hydrogens (tertiary/aromatic N) is 1. The molecule has 0 heterocycles. The molecule has 4 heteroatoms. The van der Waals surface area contributed by atoms with Gasteiger partial charge in [-0.15, -0.1) is 24.8 Å². The van der Waals surface area contributed by atoms with E-state index in [9.17, 15) is 0 Å². The maximum absolute atomic E-state index is 2.37. The summed E-state index contributed by atoms with van der Waals surface area (Å²) in [5, 5.41) is 1.44. The van der Waals surface area contributed by atoms with Crippen molar-refractivity contribution in [1.29, 1.82) is 0 Å². The first-order chi connectivity index (χ1) is 2.77. The Hall–Kier alpha value is 1.08. The van der Waals surface area contributed by atoms with E-state index in [1.54, 1.807) is 0 Å². The van der Waals surface area contributed by atoms with Gasteiger partial charge >= 0.3 is 45.8 Å². The first-order valence-corrected chi connectivity index (χ1v) is 5.84. The van der Waals surface area contributed by atoms with Crippen molar-refractivity contribution in [2.75, 3.05) is 14.1 Å². The molecular weight excluding hydrogens is 206 g/mol. The van der Waals surface area contributed by atoms with Crippen molar-refractivity contribution < 1.29 is 0 Å². The van der Waals surface area contributed by atoms with E-state index in [1.807, 2.05) is 0 Å². The topological polar surface area (TPSA) is 3.24 Å². The minimum atomic E-state index is -0.167. The van der Waals surface area contributed by atoms with E-state index in [-0.39, 0.29) is 40.5 Å². The molecule has 0 aromatic heterocycles. The SMILES string of the molecule is C[CH2][GeH2][N](C)C.Cl.Cl. The average molecular weight is 221 g/mol. The maximum Gasteiger partial charge on any atom is -0.147 e. The van der Waals surface area contributed by atoms with Crippen molar-refractivity contribution in [1.82, 2.24) is 3.86 Å². The molecule has 0 bridgehead atoms. The van der Waals surface area contributed by atoms with Gasteiger partial charge in [-0.3, -0.25) is 0 Å². The zero-order valence-corrected chi connectivity index (χ0v) is 10.3. The second kappa shape index (κ2) is 11.0. The van der Waals surface area contributed by atoms with Gasteiger partial charge in [-0.25, -0.2) is 0 Å². The van der Waals surface area contributed by atoms with Gasteiger partial charge in [-0.2, -0.15) is 0 Å². The number of hydrogen-bond acceptors (Lipinski definition) is 1. The predicted molar refractivity (Wildman–Crippen MR) is 47.2 cm³/mol. The summed E-state index contributed by atoms with van der Waals surface area (Å²) in [7, 11) is 4.34. The molecule has 0 saturated heterocycles. The fourth-order valence-electron chi connectivity index (χ4n) is 0.447. The van der Waals surface area contributed by atoms with Crippen LogP contribution in [0.4, 0.5) is 0 Å². The Kier molecular flexibility index (Phi) is 22.0. The molecule has 0 saturated carbocycles. The van der Waals surface area contributed by atoms with Crippen LogP contribution in [0.5, 0.6) is 0 Å². The maximum atomic E-state index is 2.37. The molecule has 0 aromatic carbocycles. The second-order valence-corrected chi connectivity index (χ2v) is 7.49. The van der Waals surface area contributed by atoms with Gasteiger partial charge in [0.1, 0.15) is 0 Å². The van der Waals surface area contributed by atoms with Crippen LogP contribution in [0.3, 0.4) is 0 Å². The first-order valence-electron chi connectivity index (χ1n) is 2.42. The van der Waals surface area contributed by atoms with Crippen molar-refractivity contribution in [3.05, 3.63) is 0 Å². The molecule has 0 aromatic rings. The number of hydrogen-bond donors (Lipinski definition) is 0. The van der Waals surface area contributed by atoms with E-state index in [1.165, 1.54) is 5.25 Å². The van der Waals surface area contributed by atoms with Gasteiger partial charge in [-0.05, 0) is 0 Å². The number of rotatable bonds is 2. The normalized spacial score (nSPS) is 9.00. The summed E-state index contributed by atoms with van der Waals surface area (Å²) >= 11 is -0.167. The van der Waals surface area contributed by atoms with Crippen LogP contribution in [0.1, 0.15) is 6.92 Å². The summed E-state index contributed by atoms with van der Waals surface area (Å²) in [4.78, 5) is 0. The van der Waals surface area contributed by atoms with Crippen LogP contribution in [0, 0.1) is 0 Å². The zero-order chi connectivity index (χ0) is 4.99. The molecule has 0 radical (unpaired) electrons. The van der Waals surface area contributed by atoms with E-state index in [2.05, 4.69) is 24.9 Å². The Bertz CT molecular complexity index is 35.2. The third kappa shape index (κ3) is 15.7. The summed E-state index contributed by atoms with van der Waals surface area (Å²) in [5.74, 6) is 0. The molecule has 0 atom stereocenters. The van der Waals surface area contributed by atoms with Crippen LogP contribution in [0.15, 0.2) is 0 Å². The van der Waals surface area contributed by atoms with Crippen molar-refractivity contribution in [2.45, 2.75) is 12.2 Å². The molecule has 0 fully saturated rings. The Labute approximate surface area is 70.7 Å². The Morgan fingerprint density at radius 1 is 1.25 bits per heavy atom. The average Bonchev–Trinajstić information content (AvgIpc) is 1.35. The van der Waals surface area contributed by atoms with Gasteiger partial charge in [0.05, 0.1) is 0 Å².